The largest absolute Gasteiger partial charge is 0.350 e. The lowest BCUT2D eigenvalue weighted by molar-refractivity contribution is 0.0949. The molecule has 18 heavy (non-hydrogen) atoms. The molecule has 4 nitrogen and oxygen atoms in total. The summed E-state index contributed by atoms with van der Waals surface area (Å²) in [4.78, 5) is 11.6. The smallest absolute Gasteiger partial charge is 0.269 e. The van der Waals surface area contributed by atoms with Crippen molar-refractivity contribution in [1.29, 1.82) is 0 Å². The predicted octanol–water partition coefficient (Wildman–Crippen LogP) is 2.17. The molecule has 0 bridgehead atoms. The van der Waals surface area contributed by atoms with Crippen molar-refractivity contribution in [2.24, 2.45) is 0 Å². The summed E-state index contributed by atoms with van der Waals surface area (Å²) in [5.41, 5.74) is 0.777. The summed E-state index contributed by atoms with van der Waals surface area (Å²) in [5.74, 6) is -0.641. The van der Waals surface area contributed by atoms with E-state index in [0.29, 0.717) is 29.2 Å². The van der Waals surface area contributed by atoms with Crippen molar-refractivity contribution >= 4 is 17.5 Å². The normalized spacial score (nSPS) is 10.3. The lowest BCUT2D eigenvalue weighted by Crippen LogP contribution is -2.26. The van der Waals surface area contributed by atoms with Gasteiger partial charge in [0.2, 0.25) is 0 Å². The van der Waals surface area contributed by atoms with E-state index in [-0.39, 0.29) is 11.7 Å². The number of amides is 1. The first-order chi connectivity index (χ1) is 8.68. The number of carbonyl (C=O) groups excluding carboxylic acids is 1. The molecule has 94 valence electrons. The van der Waals surface area contributed by atoms with Crippen LogP contribution in [0.2, 0.25) is 5.02 Å². The Morgan fingerprint density at radius 3 is 2.94 bits per heavy atom. The summed E-state index contributed by atoms with van der Waals surface area (Å²) in [6.45, 7) is 0.304. The van der Waals surface area contributed by atoms with Crippen molar-refractivity contribution in [2.75, 3.05) is 6.54 Å². The molecule has 2 rings (SSSR count). The fraction of sp³-hybridized carbons (Fsp3) is 0.167. The van der Waals surface area contributed by atoms with Crippen molar-refractivity contribution in [3.8, 4) is 0 Å². The number of rotatable bonds is 4. The van der Waals surface area contributed by atoms with Gasteiger partial charge in [-0.3, -0.25) is 9.89 Å². The standard InChI is InChI=1S/C12H11ClFN3O/c13-9-2-1-3-10(14)8(9)4-6-15-12(18)11-5-7-16-17-11/h1-3,5,7H,4,6H2,(H,15,18)(H,16,17). The van der Waals surface area contributed by atoms with Crippen LogP contribution in [0, 0.1) is 5.82 Å². The van der Waals surface area contributed by atoms with Crippen LogP contribution in [0.3, 0.4) is 0 Å². The molecule has 0 saturated carbocycles. The summed E-state index contributed by atoms with van der Waals surface area (Å²) < 4.78 is 13.4. The molecule has 0 radical (unpaired) electrons. The van der Waals surface area contributed by atoms with Crippen LogP contribution >= 0.6 is 11.6 Å². The summed E-state index contributed by atoms with van der Waals surface area (Å²) in [5, 5.41) is 9.24. The van der Waals surface area contributed by atoms with Crippen LogP contribution in [0.5, 0.6) is 0 Å². The predicted molar refractivity (Wildman–Crippen MR) is 66.0 cm³/mol. The zero-order valence-electron chi connectivity index (χ0n) is 9.41. The third kappa shape index (κ3) is 2.87. The number of H-pyrrole nitrogens is 1. The Morgan fingerprint density at radius 1 is 1.44 bits per heavy atom. The van der Waals surface area contributed by atoms with Gasteiger partial charge in [-0.15, -0.1) is 0 Å². The number of hydrogen-bond acceptors (Lipinski definition) is 2. The maximum absolute atomic E-state index is 13.4. The Balaban J connectivity index is 1.91. The minimum Gasteiger partial charge on any atom is -0.350 e. The van der Waals surface area contributed by atoms with Crippen molar-refractivity contribution in [3.05, 3.63) is 52.6 Å². The third-order valence-electron chi connectivity index (χ3n) is 2.47. The van der Waals surface area contributed by atoms with Gasteiger partial charge in [0, 0.05) is 23.3 Å². The average molecular weight is 268 g/mol. The highest BCUT2D eigenvalue weighted by Crippen LogP contribution is 2.18. The number of hydrogen-bond donors (Lipinski definition) is 2. The fourth-order valence-electron chi connectivity index (χ4n) is 1.55. The average Bonchev–Trinajstić information content (AvgIpc) is 2.86. The number of carbonyl (C=O) groups is 1. The molecule has 0 atom stereocenters. The molecule has 2 aromatic rings. The zero-order chi connectivity index (χ0) is 13.0. The van der Waals surface area contributed by atoms with E-state index < -0.39 is 0 Å². The molecular weight excluding hydrogens is 257 g/mol. The van der Waals surface area contributed by atoms with E-state index in [1.54, 1.807) is 18.2 Å². The quantitative estimate of drug-likeness (QED) is 0.892. The van der Waals surface area contributed by atoms with Crippen LogP contribution in [0.1, 0.15) is 16.1 Å². The molecule has 0 aliphatic rings. The Labute approximate surface area is 108 Å². The molecule has 0 spiro atoms. The van der Waals surface area contributed by atoms with Crippen molar-refractivity contribution in [3.63, 3.8) is 0 Å². The highest BCUT2D eigenvalue weighted by molar-refractivity contribution is 6.31. The Bertz CT molecular complexity index is 522. The molecule has 1 aromatic heterocycles. The first-order valence-electron chi connectivity index (χ1n) is 5.39. The van der Waals surface area contributed by atoms with Crippen LogP contribution in [-0.4, -0.2) is 22.6 Å². The molecule has 0 aliphatic carbocycles. The number of benzene rings is 1. The van der Waals surface area contributed by atoms with Crippen LogP contribution < -0.4 is 5.32 Å². The van der Waals surface area contributed by atoms with Crippen molar-refractivity contribution in [1.82, 2.24) is 15.5 Å². The Morgan fingerprint density at radius 2 is 2.28 bits per heavy atom. The van der Waals surface area contributed by atoms with Gasteiger partial charge in [-0.1, -0.05) is 17.7 Å². The number of nitrogens with one attached hydrogen (secondary N) is 2. The second kappa shape index (κ2) is 5.64. The Kier molecular flexibility index (Phi) is 3.94. The molecule has 1 heterocycles. The van der Waals surface area contributed by atoms with E-state index >= 15 is 0 Å². The molecule has 6 heteroatoms. The van der Waals surface area contributed by atoms with Gasteiger partial charge in [0.15, 0.2) is 0 Å². The topological polar surface area (TPSA) is 57.8 Å². The number of nitrogens with zero attached hydrogens (tertiary/aromatic N) is 1. The number of aromatic amines is 1. The van der Waals surface area contributed by atoms with Gasteiger partial charge in [0.1, 0.15) is 11.5 Å². The molecule has 1 aromatic carbocycles. The molecule has 0 unspecified atom stereocenters. The molecular formula is C12H11ClFN3O. The number of aromatic nitrogens is 2. The van der Waals surface area contributed by atoms with Crippen molar-refractivity contribution in [2.45, 2.75) is 6.42 Å². The van der Waals surface area contributed by atoms with Crippen LogP contribution in [-0.2, 0) is 6.42 Å². The molecule has 2 N–H and O–H groups in total. The minimum atomic E-state index is -0.363. The highest BCUT2D eigenvalue weighted by Gasteiger charge is 2.09. The monoisotopic (exact) mass is 267 g/mol. The summed E-state index contributed by atoms with van der Waals surface area (Å²) in [6, 6.07) is 6.07. The lowest BCUT2D eigenvalue weighted by atomic mass is 10.1. The summed E-state index contributed by atoms with van der Waals surface area (Å²) in [7, 11) is 0. The van der Waals surface area contributed by atoms with E-state index in [1.165, 1.54) is 12.3 Å². The van der Waals surface area contributed by atoms with Gasteiger partial charge in [-0.25, -0.2) is 4.39 Å². The second-order valence-corrected chi connectivity index (χ2v) is 4.08. The van der Waals surface area contributed by atoms with Crippen molar-refractivity contribution < 1.29 is 9.18 Å². The molecule has 1 amide bonds. The SMILES string of the molecule is O=C(NCCc1c(F)cccc1Cl)c1ccn[nH]1. The van der Waals surface area contributed by atoms with E-state index in [4.69, 9.17) is 11.6 Å². The first-order valence-corrected chi connectivity index (χ1v) is 5.76. The first kappa shape index (κ1) is 12.6. The summed E-state index contributed by atoms with van der Waals surface area (Å²) in [6.07, 6.45) is 1.83. The maximum Gasteiger partial charge on any atom is 0.269 e. The molecule has 0 aliphatic heterocycles. The molecule has 0 fully saturated rings. The van der Waals surface area contributed by atoms with Crippen LogP contribution in [0.4, 0.5) is 4.39 Å². The van der Waals surface area contributed by atoms with E-state index in [1.807, 2.05) is 0 Å². The van der Waals surface area contributed by atoms with Crippen LogP contribution in [0.15, 0.2) is 30.5 Å². The van der Waals surface area contributed by atoms with Gasteiger partial charge >= 0.3 is 0 Å². The van der Waals surface area contributed by atoms with Gasteiger partial charge in [-0.05, 0) is 24.6 Å². The zero-order valence-corrected chi connectivity index (χ0v) is 10.2. The van der Waals surface area contributed by atoms with Gasteiger partial charge < -0.3 is 5.32 Å². The fourth-order valence-corrected chi connectivity index (χ4v) is 1.81. The van der Waals surface area contributed by atoms with Gasteiger partial charge in [-0.2, -0.15) is 5.10 Å². The van der Waals surface area contributed by atoms with Crippen LogP contribution in [0.25, 0.3) is 0 Å². The third-order valence-corrected chi connectivity index (χ3v) is 2.82. The van der Waals surface area contributed by atoms with E-state index in [2.05, 4.69) is 15.5 Å². The number of halogens is 2. The maximum atomic E-state index is 13.4. The van der Waals surface area contributed by atoms with Gasteiger partial charge in [0.25, 0.3) is 5.91 Å². The van der Waals surface area contributed by atoms with E-state index in [9.17, 15) is 9.18 Å². The lowest BCUT2D eigenvalue weighted by Gasteiger charge is -2.06. The van der Waals surface area contributed by atoms with E-state index in [0.717, 1.165) is 0 Å². The second-order valence-electron chi connectivity index (χ2n) is 3.68. The summed E-state index contributed by atoms with van der Waals surface area (Å²) >= 11 is 5.88. The van der Waals surface area contributed by atoms with Gasteiger partial charge in [0.05, 0.1) is 0 Å². The highest BCUT2D eigenvalue weighted by atomic mass is 35.5. The molecule has 0 saturated heterocycles. The minimum absolute atomic E-state index is 0.278. The Hall–Kier alpha value is -1.88.